The van der Waals surface area contributed by atoms with Gasteiger partial charge in [0.2, 0.25) is 0 Å². The van der Waals surface area contributed by atoms with Crippen LogP contribution < -0.4 is 10.1 Å². The van der Waals surface area contributed by atoms with E-state index in [0.29, 0.717) is 11.8 Å². The predicted molar refractivity (Wildman–Crippen MR) is 80.1 cm³/mol. The molecule has 0 saturated carbocycles. The first-order valence-electron chi connectivity index (χ1n) is 7.81. The minimum Gasteiger partial charge on any atom is -0.493 e. The zero-order chi connectivity index (χ0) is 14.0. The van der Waals surface area contributed by atoms with Gasteiger partial charge in [-0.15, -0.1) is 0 Å². The van der Waals surface area contributed by atoms with E-state index in [-0.39, 0.29) is 0 Å². The summed E-state index contributed by atoms with van der Waals surface area (Å²) < 4.78 is 5.72. The molecule has 0 amide bonds. The molecule has 3 heteroatoms. The fourth-order valence-corrected chi connectivity index (χ4v) is 3.68. The summed E-state index contributed by atoms with van der Waals surface area (Å²) in [7, 11) is 0. The lowest BCUT2D eigenvalue weighted by molar-refractivity contribution is -0.0261. The third kappa shape index (κ3) is 2.84. The SMILES string of the molecule is CC(O)(CC1CCOc2ccccc21)C1CCCNC1. The maximum Gasteiger partial charge on any atom is 0.122 e. The van der Waals surface area contributed by atoms with Crippen LogP contribution in [0.5, 0.6) is 5.75 Å². The summed E-state index contributed by atoms with van der Waals surface area (Å²) in [6.45, 7) is 4.81. The number of nitrogens with one attached hydrogen (secondary N) is 1. The van der Waals surface area contributed by atoms with Crippen LogP contribution in [0.2, 0.25) is 0 Å². The highest BCUT2D eigenvalue weighted by Gasteiger charge is 2.36. The lowest BCUT2D eigenvalue weighted by atomic mass is 9.75. The normalized spacial score (nSPS) is 29.1. The Balaban J connectivity index is 1.74. The van der Waals surface area contributed by atoms with Crippen molar-refractivity contribution in [1.29, 1.82) is 0 Å². The Bertz CT molecular complexity index is 452. The van der Waals surface area contributed by atoms with Crippen molar-refractivity contribution >= 4 is 0 Å². The topological polar surface area (TPSA) is 41.5 Å². The van der Waals surface area contributed by atoms with Gasteiger partial charge in [0.15, 0.2) is 0 Å². The highest BCUT2D eigenvalue weighted by Crippen LogP contribution is 2.40. The van der Waals surface area contributed by atoms with Crippen LogP contribution in [0.15, 0.2) is 24.3 Å². The van der Waals surface area contributed by atoms with Crippen molar-refractivity contribution in [2.24, 2.45) is 5.92 Å². The lowest BCUT2D eigenvalue weighted by Crippen LogP contribution is -2.45. The quantitative estimate of drug-likeness (QED) is 0.891. The van der Waals surface area contributed by atoms with Gasteiger partial charge in [0.05, 0.1) is 12.2 Å². The van der Waals surface area contributed by atoms with Gasteiger partial charge in [0.1, 0.15) is 5.75 Å². The summed E-state index contributed by atoms with van der Waals surface area (Å²) in [6, 6.07) is 8.27. The molecule has 1 aromatic carbocycles. The van der Waals surface area contributed by atoms with Gasteiger partial charge >= 0.3 is 0 Å². The van der Waals surface area contributed by atoms with Gasteiger partial charge in [0, 0.05) is 6.54 Å². The van der Waals surface area contributed by atoms with Crippen molar-refractivity contribution in [2.45, 2.75) is 44.1 Å². The number of aliphatic hydroxyl groups is 1. The van der Waals surface area contributed by atoms with Crippen molar-refractivity contribution in [3.63, 3.8) is 0 Å². The number of piperidine rings is 1. The first-order chi connectivity index (χ1) is 9.67. The first-order valence-corrected chi connectivity index (χ1v) is 7.81. The average Bonchev–Trinajstić information content (AvgIpc) is 2.48. The molecule has 3 rings (SSSR count). The second kappa shape index (κ2) is 5.74. The van der Waals surface area contributed by atoms with Crippen LogP contribution in [-0.4, -0.2) is 30.4 Å². The molecule has 0 radical (unpaired) electrons. The van der Waals surface area contributed by atoms with Gasteiger partial charge in [-0.3, -0.25) is 0 Å². The summed E-state index contributed by atoms with van der Waals surface area (Å²) in [5.74, 6) is 1.78. The van der Waals surface area contributed by atoms with E-state index in [9.17, 15) is 5.11 Å². The predicted octanol–water partition coefficient (Wildman–Crippen LogP) is 2.69. The summed E-state index contributed by atoms with van der Waals surface area (Å²) >= 11 is 0. The summed E-state index contributed by atoms with van der Waals surface area (Å²) in [5, 5.41) is 14.3. The Kier molecular flexibility index (Phi) is 3.99. The van der Waals surface area contributed by atoms with Gasteiger partial charge in [-0.2, -0.15) is 0 Å². The van der Waals surface area contributed by atoms with Gasteiger partial charge in [0.25, 0.3) is 0 Å². The molecule has 3 atom stereocenters. The largest absolute Gasteiger partial charge is 0.493 e. The molecule has 110 valence electrons. The highest BCUT2D eigenvalue weighted by molar-refractivity contribution is 5.38. The molecule has 0 aromatic heterocycles. The van der Waals surface area contributed by atoms with Crippen molar-refractivity contribution in [3.8, 4) is 5.75 Å². The van der Waals surface area contributed by atoms with E-state index in [0.717, 1.165) is 44.7 Å². The molecule has 0 aliphatic carbocycles. The van der Waals surface area contributed by atoms with Crippen LogP contribution in [0, 0.1) is 5.92 Å². The minimum atomic E-state index is -0.595. The third-order valence-corrected chi connectivity index (χ3v) is 4.92. The number of rotatable bonds is 3. The molecule has 3 nitrogen and oxygen atoms in total. The summed E-state index contributed by atoms with van der Waals surface area (Å²) in [4.78, 5) is 0. The molecule has 0 bridgehead atoms. The molecule has 2 aliphatic heterocycles. The number of ether oxygens (including phenoxy) is 1. The molecule has 1 saturated heterocycles. The lowest BCUT2D eigenvalue weighted by Gasteiger charge is -2.39. The van der Waals surface area contributed by atoms with E-state index in [1.165, 1.54) is 12.0 Å². The van der Waals surface area contributed by atoms with Crippen molar-refractivity contribution in [3.05, 3.63) is 29.8 Å². The molecule has 1 fully saturated rings. The summed E-state index contributed by atoms with van der Waals surface area (Å²) in [6.07, 6.45) is 4.14. The number of hydrogen-bond acceptors (Lipinski definition) is 3. The molecular formula is C17H25NO2. The van der Waals surface area contributed by atoms with Crippen molar-refractivity contribution in [1.82, 2.24) is 5.32 Å². The second-order valence-electron chi connectivity index (χ2n) is 6.48. The third-order valence-electron chi connectivity index (χ3n) is 4.92. The molecule has 3 unspecified atom stereocenters. The van der Waals surface area contributed by atoms with E-state index in [4.69, 9.17) is 4.74 Å². The van der Waals surface area contributed by atoms with Gasteiger partial charge in [-0.1, -0.05) is 18.2 Å². The Morgan fingerprint density at radius 2 is 2.20 bits per heavy atom. The van der Waals surface area contributed by atoms with Crippen molar-refractivity contribution < 1.29 is 9.84 Å². The highest BCUT2D eigenvalue weighted by atomic mass is 16.5. The Hall–Kier alpha value is -1.06. The molecule has 2 N–H and O–H groups in total. The van der Waals surface area contributed by atoms with E-state index >= 15 is 0 Å². The Labute approximate surface area is 121 Å². The molecule has 1 aromatic rings. The van der Waals surface area contributed by atoms with E-state index in [1.807, 2.05) is 19.1 Å². The van der Waals surface area contributed by atoms with Gasteiger partial charge in [-0.05, 0) is 62.6 Å². The summed E-state index contributed by atoms with van der Waals surface area (Å²) in [5.41, 5.74) is 0.672. The fraction of sp³-hybridized carbons (Fsp3) is 0.647. The second-order valence-corrected chi connectivity index (χ2v) is 6.48. The standard InChI is InChI=1S/C17H25NO2/c1-17(19,14-5-4-9-18-12-14)11-13-8-10-20-16-7-3-2-6-15(13)16/h2-3,6-7,13-14,18-19H,4-5,8-12H2,1H3. The van der Waals surface area contributed by atoms with E-state index in [1.54, 1.807) is 0 Å². The monoisotopic (exact) mass is 275 g/mol. The zero-order valence-corrected chi connectivity index (χ0v) is 12.3. The van der Waals surface area contributed by atoms with Crippen LogP contribution >= 0.6 is 0 Å². The molecule has 2 heterocycles. The zero-order valence-electron chi connectivity index (χ0n) is 12.3. The van der Waals surface area contributed by atoms with Crippen LogP contribution in [0.4, 0.5) is 0 Å². The molecule has 2 aliphatic rings. The Morgan fingerprint density at radius 3 is 3.00 bits per heavy atom. The minimum absolute atomic E-state index is 0.367. The molecule has 20 heavy (non-hydrogen) atoms. The number of hydrogen-bond donors (Lipinski definition) is 2. The van der Waals surface area contributed by atoms with Crippen LogP contribution in [0.3, 0.4) is 0 Å². The fourth-order valence-electron chi connectivity index (χ4n) is 3.68. The van der Waals surface area contributed by atoms with Crippen LogP contribution in [-0.2, 0) is 0 Å². The number of fused-ring (bicyclic) bond motifs is 1. The number of benzene rings is 1. The average molecular weight is 275 g/mol. The number of para-hydroxylation sites is 1. The first kappa shape index (κ1) is 13.9. The van der Waals surface area contributed by atoms with Crippen LogP contribution in [0.25, 0.3) is 0 Å². The van der Waals surface area contributed by atoms with Gasteiger partial charge < -0.3 is 15.2 Å². The molecular weight excluding hydrogens is 250 g/mol. The maximum absolute atomic E-state index is 10.9. The molecule has 0 spiro atoms. The van der Waals surface area contributed by atoms with Gasteiger partial charge in [-0.25, -0.2) is 0 Å². The van der Waals surface area contributed by atoms with E-state index in [2.05, 4.69) is 17.4 Å². The van der Waals surface area contributed by atoms with E-state index < -0.39 is 5.60 Å². The smallest absolute Gasteiger partial charge is 0.122 e. The van der Waals surface area contributed by atoms with Crippen molar-refractivity contribution in [2.75, 3.05) is 19.7 Å². The van der Waals surface area contributed by atoms with Crippen LogP contribution in [0.1, 0.15) is 44.1 Å². The maximum atomic E-state index is 10.9. The Morgan fingerprint density at radius 1 is 1.35 bits per heavy atom.